The van der Waals surface area contributed by atoms with Gasteiger partial charge in [0.2, 0.25) is 0 Å². The Morgan fingerprint density at radius 1 is 1.58 bits per heavy atom. The molecule has 0 spiro atoms. The molecule has 1 fully saturated rings. The van der Waals surface area contributed by atoms with Crippen molar-refractivity contribution in [1.82, 2.24) is 0 Å². The minimum atomic E-state index is -0.634. The number of esters is 1. The van der Waals surface area contributed by atoms with Gasteiger partial charge in [0.05, 0.1) is 12.1 Å². The number of carbonyl (C=O) groups is 1. The Kier molecular flexibility index (Phi) is 5.03. The van der Waals surface area contributed by atoms with Crippen LogP contribution in [-0.2, 0) is 9.53 Å². The van der Waals surface area contributed by atoms with Gasteiger partial charge in [-0.3, -0.25) is 0 Å². The number of nitrogens with one attached hydrogen (secondary N) is 1. The second kappa shape index (κ2) is 6.37. The first-order valence-corrected chi connectivity index (χ1v) is 8.29. The molecule has 0 amide bonds. The van der Waals surface area contributed by atoms with E-state index in [9.17, 15) is 4.79 Å². The normalized spacial score (nSPS) is 22.9. The van der Waals surface area contributed by atoms with Crippen molar-refractivity contribution in [3.8, 4) is 0 Å². The molecular weight excluding hydrogens is 350 g/mol. The monoisotopic (exact) mass is 363 g/mol. The molecule has 104 valence electrons. The molecule has 1 aromatic carbocycles. The van der Waals surface area contributed by atoms with Crippen LogP contribution in [-0.4, -0.2) is 30.1 Å². The van der Waals surface area contributed by atoms with Crippen molar-refractivity contribution in [1.29, 1.82) is 0 Å². The second-order valence-electron chi connectivity index (χ2n) is 4.48. The maximum atomic E-state index is 12.1. The van der Waals surface area contributed by atoms with E-state index in [1.165, 1.54) is 7.11 Å². The predicted octanol–water partition coefficient (Wildman–Crippen LogP) is 3.95. The highest BCUT2D eigenvalue weighted by Gasteiger charge is 2.41. The van der Waals surface area contributed by atoms with E-state index in [2.05, 4.69) is 21.2 Å². The molecule has 1 atom stereocenters. The molecule has 19 heavy (non-hydrogen) atoms. The lowest BCUT2D eigenvalue weighted by atomic mass is 9.95. The molecule has 1 N–H and O–H groups in total. The molecule has 0 aromatic heterocycles. The minimum Gasteiger partial charge on any atom is -0.467 e. The summed E-state index contributed by atoms with van der Waals surface area (Å²) in [5, 5.41) is 3.98. The predicted molar refractivity (Wildman–Crippen MR) is 84.1 cm³/mol. The van der Waals surface area contributed by atoms with Gasteiger partial charge in [-0.05, 0) is 52.7 Å². The van der Waals surface area contributed by atoms with Crippen LogP contribution in [0.2, 0.25) is 5.02 Å². The zero-order chi connectivity index (χ0) is 13.9. The third-order valence-corrected chi connectivity index (χ3v) is 5.61. The molecule has 1 saturated heterocycles. The molecule has 1 heterocycles. The summed E-state index contributed by atoms with van der Waals surface area (Å²) < 4.78 is 5.77. The zero-order valence-corrected chi connectivity index (χ0v) is 13.7. The van der Waals surface area contributed by atoms with Gasteiger partial charge in [0.25, 0.3) is 0 Å². The summed E-state index contributed by atoms with van der Waals surface area (Å²) in [6.07, 6.45) is 1.79. The fourth-order valence-electron chi connectivity index (χ4n) is 2.15. The molecule has 6 heteroatoms. The molecule has 2 rings (SSSR count). The number of hydrogen-bond donors (Lipinski definition) is 1. The Hall–Kier alpha value is -0.390. The Morgan fingerprint density at radius 2 is 2.37 bits per heavy atom. The van der Waals surface area contributed by atoms with Gasteiger partial charge in [-0.2, -0.15) is 11.8 Å². The van der Waals surface area contributed by atoms with E-state index in [0.717, 1.165) is 34.5 Å². The van der Waals surface area contributed by atoms with Crippen molar-refractivity contribution in [2.45, 2.75) is 18.4 Å². The number of rotatable bonds is 3. The lowest BCUT2D eigenvalue weighted by molar-refractivity contribution is -0.145. The van der Waals surface area contributed by atoms with Crippen LogP contribution < -0.4 is 5.32 Å². The number of halogens is 2. The van der Waals surface area contributed by atoms with Crippen LogP contribution in [0.25, 0.3) is 0 Å². The van der Waals surface area contributed by atoms with Gasteiger partial charge in [-0.1, -0.05) is 11.6 Å². The summed E-state index contributed by atoms with van der Waals surface area (Å²) in [6, 6.07) is 5.55. The third kappa shape index (κ3) is 3.38. The van der Waals surface area contributed by atoms with Gasteiger partial charge in [0, 0.05) is 15.9 Å². The van der Waals surface area contributed by atoms with Gasteiger partial charge < -0.3 is 10.1 Å². The lowest BCUT2D eigenvalue weighted by Gasteiger charge is -2.35. The standard InChI is InChI=1S/C13H15BrClNO2S/c1-18-12(17)13(5-2-6-19-8-13)16-9-3-4-11(15)10(14)7-9/h3-4,7,16H,2,5-6,8H2,1H3. The van der Waals surface area contributed by atoms with Gasteiger partial charge in [0.15, 0.2) is 0 Å². The number of anilines is 1. The highest BCUT2D eigenvalue weighted by Crippen LogP contribution is 2.33. The van der Waals surface area contributed by atoms with Gasteiger partial charge in [-0.15, -0.1) is 0 Å². The fraction of sp³-hybridized carbons (Fsp3) is 0.462. The van der Waals surface area contributed by atoms with E-state index in [1.807, 2.05) is 12.1 Å². The average molecular weight is 365 g/mol. The maximum absolute atomic E-state index is 12.1. The van der Waals surface area contributed by atoms with Crippen molar-refractivity contribution in [2.24, 2.45) is 0 Å². The van der Waals surface area contributed by atoms with E-state index in [4.69, 9.17) is 16.3 Å². The molecule has 1 aromatic rings. The van der Waals surface area contributed by atoms with E-state index < -0.39 is 5.54 Å². The Labute approximate surface area is 130 Å². The molecule has 0 radical (unpaired) electrons. The van der Waals surface area contributed by atoms with Crippen LogP contribution >= 0.6 is 39.3 Å². The molecule has 3 nitrogen and oxygen atoms in total. The Bertz CT molecular complexity index is 478. The van der Waals surface area contributed by atoms with Crippen molar-refractivity contribution in [2.75, 3.05) is 23.9 Å². The van der Waals surface area contributed by atoms with Crippen molar-refractivity contribution in [3.05, 3.63) is 27.7 Å². The number of ether oxygens (including phenoxy) is 1. The summed E-state index contributed by atoms with van der Waals surface area (Å²) in [4.78, 5) is 12.1. The molecule has 0 saturated carbocycles. The number of hydrogen-bond acceptors (Lipinski definition) is 4. The van der Waals surface area contributed by atoms with Gasteiger partial charge in [-0.25, -0.2) is 4.79 Å². The number of thioether (sulfide) groups is 1. The van der Waals surface area contributed by atoms with Gasteiger partial charge >= 0.3 is 5.97 Å². The van der Waals surface area contributed by atoms with Crippen LogP contribution in [0.1, 0.15) is 12.8 Å². The van der Waals surface area contributed by atoms with E-state index in [0.29, 0.717) is 5.02 Å². The van der Waals surface area contributed by atoms with Gasteiger partial charge in [0.1, 0.15) is 5.54 Å². The van der Waals surface area contributed by atoms with E-state index in [-0.39, 0.29) is 5.97 Å². The fourth-order valence-corrected chi connectivity index (χ4v) is 3.82. The highest BCUT2D eigenvalue weighted by molar-refractivity contribution is 9.10. The third-order valence-electron chi connectivity index (χ3n) is 3.12. The highest BCUT2D eigenvalue weighted by atomic mass is 79.9. The van der Waals surface area contributed by atoms with E-state index >= 15 is 0 Å². The van der Waals surface area contributed by atoms with Crippen molar-refractivity contribution < 1.29 is 9.53 Å². The lowest BCUT2D eigenvalue weighted by Crippen LogP contribution is -2.51. The summed E-state index contributed by atoms with van der Waals surface area (Å²) in [5.74, 6) is 1.61. The number of carbonyl (C=O) groups excluding carboxylic acids is 1. The summed E-state index contributed by atoms with van der Waals surface area (Å²) in [6.45, 7) is 0. The van der Waals surface area contributed by atoms with Crippen LogP contribution in [0.3, 0.4) is 0 Å². The first-order valence-electron chi connectivity index (χ1n) is 5.97. The molecule has 0 aliphatic carbocycles. The minimum absolute atomic E-state index is 0.203. The SMILES string of the molecule is COC(=O)C1(Nc2ccc(Cl)c(Br)c2)CCCSC1. The molecule has 1 aliphatic rings. The van der Waals surface area contributed by atoms with Crippen LogP contribution in [0, 0.1) is 0 Å². The summed E-state index contributed by atoms with van der Waals surface area (Å²) in [7, 11) is 1.43. The van der Waals surface area contributed by atoms with Crippen LogP contribution in [0.15, 0.2) is 22.7 Å². The number of benzene rings is 1. The molecule has 1 unspecified atom stereocenters. The first-order chi connectivity index (χ1) is 9.07. The Balaban J connectivity index is 2.24. The second-order valence-corrected chi connectivity index (χ2v) is 6.85. The van der Waals surface area contributed by atoms with Crippen LogP contribution in [0.5, 0.6) is 0 Å². The smallest absolute Gasteiger partial charge is 0.332 e. The zero-order valence-electron chi connectivity index (χ0n) is 10.5. The molecular formula is C13H15BrClNO2S. The van der Waals surface area contributed by atoms with Crippen LogP contribution in [0.4, 0.5) is 5.69 Å². The number of methoxy groups -OCH3 is 1. The molecule has 0 bridgehead atoms. The Morgan fingerprint density at radius 3 is 2.95 bits per heavy atom. The molecule has 1 aliphatic heterocycles. The largest absolute Gasteiger partial charge is 0.467 e. The summed E-state index contributed by atoms with van der Waals surface area (Å²) in [5.41, 5.74) is 0.231. The maximum Gasteiger partial charge on any atom is 0.332 e. The topological polar surface area (TPSA) is 38.3 Å². The van der Waals surface area contributed by atoms with Crippen molar-refractivity contribution in [3.63, 3.8) is 0 Å². The van der Waals surface area contributed by atoms with Crippen molar-refractivity contribution >= 4 is 50.9 Å². The average Bonchev–Trinajstić information content (AvgIpc) is 2.43. The summed E-state index contributed by atoms with van der Waals surface area (Å²) >= 11 is 11.1. The quantitative estimate of drug-likeness (QED) is 0.824. The van der Waals surface area contributed by atoms with E-state index in [1.54, 1.807) is 17.8 Å². The first kappa shape index (κ1) is 15.0.